The van der Waals surface area contributed by atoms with Crippen molar-refractivity contribution < 1.29 is 13.9 Å². The summed E-state index contributed by atoms with van der Waals surface area (Å²) in [5, 5.41) is 4.15. The minimum atomic E-state index is -0.685. The lowest BCUT2D eigenvalue weighted by atomic mass is 10.1. The number of esters is 1. The highest BCUT2D eigenvalue weighted by Gasteiger charge is 2.13. The zero-order chi connectivity index (χ0) is 12.4. The molecule has 0 fully saturated rings. The second kappa shape index (κ2) is 4.37. The van der Waals surface area contributed by atoms with Gasteiger partial charge in [0.2, 0.25) is 0 Å². The Bertz CT molecular complexity index is 563. The fourth-order valence-corrected chi connectivity index (χ4v) is 1.52. The number of aromatic nitrogens is 2. The quantitative estimate of drug-likeness (QED) is 0.746. The van der Waals surface area contributed by atoms with E-state index in [-0.39, 0.29) is 5.56 Å². The number of aryl methyl sites for hydroxylation is 1. The molecule has 88 valence electrons. The fourth-order valence-electron chi connectivity index (χ4n) is 1.52. The molecule has 1 aromatic carbocycles. The summed E-state index contributed by atoms with van der Waals surface area (Å²) in [6, 6.07) is 6.07. The summed E-state index contributed by atoms with van der Waals surface area (Å²) in [4.78, 5) is 11.2. The molecule has 4 nitrogen and oxygen atoms in total. The van der Waals surface area contributed by atoms with Crippen molar-refractivity contribution in [1.82, 2.24) is 9.78 Å². The van der Waals surface area contributed by atoms with E-state index in [4.69, 9.17) is 0 Å². The monoisotopic (exact) mass is 234 g/mol. The molecule has 2 rings (SSSR count). The molecular weight excluding hydrogens is 223 g/mol. The molecule has 17 heavy (non-hydrogen) atoms. The second-order valence-electron chi connectivity index (χ2n) is 3.56. The van der Waals surface area contributed by atoms with Crippen LogP contribution in [0.1, 0.15) is 10.4 Å². The average Bonchev–Trinajstić information content (AvgIpc) is 2.75. The first-order valence-corrected chi connectivity index (χ1v) is 4.99. The van der Waals surface area contributed by atoms with Gasteiger partial charge in [0, 0.05) is 18.8 Å². The van der Waals surface area contributed by atoms with E-state index in [2.05, 4.69) is 9.84 Å². The highest BCUT2D eigenvalue weighted by molar-refractivity contribution is 5.90. The van der Waals surface area contributed by atoms with Gasteiger partial charge in [-0.05, 0) is 18.2 Å². The number of ether oxygens (including phenoxy) is 1. The highest BCUT2D eigenvalue weighted by atomic mass is 19.1. The predicted octanol–water partition coefficient (Wildman–Crippen LogP) is 2.01. The molecule has 0 atom stereocenters. The molecule has 1 aromatic heterocycles. The van der Waals surface area contributed by atoms with Gasteiger partial charge in [0.25, 0.3) is 0 Å². The van der Waals surface area contributed by atoms with Crippen molar-refractivity contribution in [2.75, 3.05) is 7.11 Å². The van der Waals surface area contributed by atoms with Gasteiger partial charge < -0.3 is 4.74 Å². The molecule has 0 saturated carbocycles. The van der Waals surface area contributed by atoms with Gasteiger partial charge in [-0.2, -0.15) is 5.10 Å². The van der Waals surface area contributed by atoms with Crippen molar-refractivity contribution in [1.29, 1.82) is 0 Å². The van der Waals surface area contributed by atoms with E-state index >= 15 is 0 Å². The van der Waals surface area contributed by atoms with Crippen molar-refractivity contribution in [3.63, 3.8) is 0 Å². The lowest BCUT2D eigenvalue weighted by Crippen LogP contribution is -2.04. The smallest absolute Gasteiger partial charge is 0.340 e. The summed E-state index contributed by atoms with van der Waals surface area (Å²) in [6.07, 6.45) is 1.77. The van der Waals surface area contributed by atoms with Crippen LogP contribution in [0.5, 0.6) is 0 Å². The summed E-state index contributed by atoms with van der Waals surface area (Å²) in [5.41, 5.74) is 1.20. The van der Waals surface area contributed by atoms with Gasteiger partial charge in [0.05, 0.1) is 18.4 Å². The van der Waals surface area contributed by atoms with Crippen molar-refractivity contribution in [3.05, 3.63) is 41.8 Å². The maximum atomic E-state index is 13.6. The Hall–Kier alpha value is -2.17. The molecule has 5 heteroatoms. The normalized spacial score (nSPS) is 10.3. The molecule has 0 unspecified atom stereocenters. The van der Waals surface area contributed by atoms with Crippen LogP contribution in [0.15, 0.2) is 30.5 Å². The van der Waals surface area contributed by atoms with Gasteiger partial charge in [-0.15, -0.1) is 0 Å². The molecule has 0 amide bonds. The molecule has 0 aliphatic carbocycles. The summed E-state index contributed by atoms with van der Waals surface area (Å²) in [7, 11) is 3.00. The standard InChI is InChI=1S/C12H11FN2O2/c1-15-6-5-11(14-15)8-3-4-9(10(13)7-8)12(16)17-2/h3-7H,1-2H3. The Morgan fingerprint density at radius 2 is 2.18 bits per heavy atom. The van der Waals surface area contributed by atoms with Gasteiger partial charge in [-0.3, -0.25) is 4.68 Å². The predicted molar refractivity (Wildman–Crippen MR) is 59.9 cm³/mol. The largest absolute Gasteiger partial charge is 0.465 e. The third-order valence-corrected chi connectivity index (χ3v) is 2.38. The lowest BCUT2D eigenvalue weighted by molar-refractivity contribution is 0.0595. The summed E-state index contributed by atoms with van der Waals surface area (Å²) in [6.45, 7) is 0. The molecule has 0 spiro atoms. The van der Waals surface area contributed by atoms with Crippen LogP contribution in [-0.2, 0) is 11.8 Å². The minimum Gasteiger partial charge on any atom is -0.465 e. The van der Waals surface area contributed by atoms with E-state index in [1.807, 2.05) is 0 Å². The maximum Gasteiger partial charge on any atom is 0.340 e. The molecule has 0 aliphatic heterocycles. The number of nitrogens with zero attached hydrogens (tertiary/aromatic N) is 2. The number of hydrogen-bond donors (Lipinski definition) is 0. The maximum absolute atomic E-state index is 13.6. The minimum absolute atomic E-state index is 0.0767. The fraction of sp³-hybridized carbons (Fsp3) is 0.167. The van der Waals surface area contributed by atoms with Crippen LogP contribution in [0, 0.1) is 5.82 Å². The zero-order valence-electron chi connectivity index (χ0n) is 9.48. The van der Waals surface area contributed by atoms with Crippen LogP contribution < -0.4 is 0 Å². The van der Waals surface area contributed by atoms with E-state index in [0.29, 0.717) is 11.3 Å². The Kier molecular flexibility index (Phi) is 2.91. The molecule has 0 N–H and O–H groups in total. The van der Waals surface area contributed by atoms with Gasteiger partial charge in [-0.1, -0.05) is 6.07 Å². The topological polar surface area (TPSA) is 44.1 Å². The van der Waals surface area contributed by atoms with Gasteiger partial charge in [0.15, 0.2) is 0 Å². The van der Waals surface area contributed by atoms with Crippen LogP contribution in [0.3, 0.4) is 0 Å². The van der Waals surface area contributed by atoms with Crippen molar-refractivity contribution in [3.8, 4) is 11.3 Å². The third-order valence-electron chi connectivity index (χ3n) is 2.38. The third kappa shape index (κ3) is 2.18. The number of hydrogen-bond acceptors (Lipinski definition) is 3. The molecule has 0 aliphatic rings. The number of methoxy groups -OCH3 is 1. The van der Waals surface area contributed by atoms with E-state index in [0.717, 1.165) is 0 Å². The molecule has 0 saturated heterocycles. The van der Waals surface area contributed by atoms with Crippen molar-refractivity contribution in [2.24, 2.45) is 7.05 Å². The average molecular weight is 234 g/mol. The van der Waals surface area contributed by atoms with Crippen LogP contribution in [0.2, 0.25) is 0 Å². The van der Waals surface area contributed by atoms with Gasteiger partial charge in [0.1, 0.15) is 5.82 Å². The Balaban J connectivity index is 2.40. The first-order valence-electron chi connectivity index (χ1n) is 4.99. The van der Waals surface area contributed by atoms with E-state index < -0.39 is 11.8 Å². The van der Waals surface area contributed by atoms with E-state index in [1.165, 1.54) is 19.2 Å². The Morgan fingerprint density at radius 3 is 2.71 bits per heavy atom. The van der Waals surface area contributed by atoms with Gasteiger partial charge in [-0.25, -0.2) is 9.18 Å². The van der Waals surface area contributed by atoms with Crippen molar-refractivity contribution in [2.45, 2.75) is 0 Å². The first kappa shape index (κ1) is 11.3. The van der Waals surface area contributed by atoms with E-state index in [9.17, 15) is 9.18 Å². The van der Waals surface area contributed by atoms with Crippen LogP contribution in [-0.4, -0.2) is 22.9 Å². The molecule has 0 bridgehead atoms. The number of carbonyl (C=O) groups is 1. The number of halogens is 1. The summed E-state index contributed by atoms with van der Waals surface area (Å²) in [5.74, 6) is -1.30. The molecule has 1 heterocycles. The Labute approximate surface area is 97.6 Å². The first-order chi connectivity index (χ1) is 8.11. The Morgan fingerprint density at radius 1 is 1.41 bits per heavy atom. The molecule has 0 radical (unpaired) electrons. The highest BCUT2D eigenvalue weighted by Crippen LogP contribution is 2.20. The van der Waals surface area contributed by atoms with Gasteiger partial charge >= 0.3 is 5.97 Å². The number of benzene rings is 1. The SMILES string of the molecule is COC(=O)c1ccc(-c2ccn(C)n2)cc1F. The molecular formula is C12H11FN2O2. The molecule has 2 aromatic rings. The summed E-state index contributed by atoms with van der Waals surface area (Å²) >= 11 is 0. The van der Waals surface area contributed by atoms with Crippen LogP contribution >= 0.6 is 0 Å². The van der Waals surface area contributed by atoms with Crippen LogP contribution in [0.25, 0.3) is 11.3 Å². The number of rotatable bonds is 2. The number of carbonyl (C=O) groups excluding carboxylic acids is 1. The van der Waals surface area contributed by atoms with Crippen LogP contribution in [0.4, 0.5) is 4.39 Å². The lowest BCUT2D eigenvalue weighted by Gasteiger charge is -2.02. The zero-order valence-corrected chi connectivity index (χ0v) is 9.48. The summed E-state index contributed by atoms with van der Waals surface area (Å²) < 4.78 is 19.7. The second-order valence-corrected chi connectivity index (χ2v) is 3.56. The van der Waals surface area contributed by atoms with Crippen molar-refractivity contribution >= 4 is 5.97 Å². The van der Waals surface area contributed by atoms with E-state index in [1.54, 1.807) is 30.1 Å².